The molecule has 3 nitrogen and oxygen atoms in total. The second kappa shape index (κ2) is 5.97. The molecule has 1 atom stereocenters. The van der Waals surface area contributed by atoms with Crippen molar-refractivity contribution in [1.82, 2.24) is 5.23 Å². The Balaban J connectivity index is 4.01. The van der Waals surface area contributed by atoms with Crippen LogP contribution in [0.4, 0.5) is 0 Å². The zero-order chi connectivity index (χ0) is 12.1. The molecule has 0 radical (unpaired) electrons. The van der Waals surface area contributed by atoms with Gasteiger partial charge in [-0.3, -0.25) is 0 Å². The lowest BCUT2D eigenvalue weighted by Crippen LogP contribution is -2.48. The van der Waals surface area contributed by atoms with E-state index < -0.39 is 0 Å². The minimum atomic E-state index is -0.203. The summed E-state index contributed by atoms with van der Waals surface area (Å²) < 4.78 is 0. The Labute approximate surface area is 96.3 Å². The lowest BCUT2D eigenvalue weighted by atomic mass is 9.31. The minimum Gasteiger partial charge on any atom is -0.395 e. The Morgan fingerprint density at radius 3 is 2.13 bits per heavy atom. The molecular formula is C9H25B3N2O. The molecule has 0 fully saturated rings. The van der Waals surface area contributed by atoms with Crippen LogP contribution in [0.5, 0.6) is 0 Å². The SMILES string of the molecule is CC(C)(C)BC(BN)BNC(C)(C)CO. The van der Waals surface area contributed by atoms with Crippen molar-refractivity contribution in [2.45, 2.75) is 51.1 Å². The topological polar surface area (TPSA) is 58.3 Å². The average Bonchev–Trinajstić information content (AvgIpc) is 2.10. The van der Waals surface area contributed by atoms with Gasteiger partial charge in [0.05, 0.1) is 6.61 Å². The van der Waals surface area contributed by atoms with Gasteiger partial charge in [0.1, 0.15) is 7.28 Å². The molecule has 0 amide bonds. The van der Waals surface area contributed by atoms with Crippen LogP contribution in [0.15, 0.2) is 0 Å². The molecule has 6 heteroatoms. The molecule has 0 aliphatic carbocycles. The van der Waals surface area contributed by atoms with Gasteiger partial charge in [-0.1, -0.05) is 31.7 Å². The normalized spacial score (nSPS) is 14.6. The molecule has 0 aliphatic rings. The highest BCUT2D eigenvalue weighted by Gasteiger charge is 2.24. The van der Waals surface area contributed by atoms with Crippen molar-refractivity contribution in [2.24, 2.45) is 5.64 Å². The van der Waals surface area contributed by atoms with E-state index in [4.69, 9.17) is 10.8 Å². The average molecular weight is 210 g/mol. The van der Waals surface area contributed by atoms with E-state index in [0.717, 1.165) is 14.7 Å². The summed E-state index contributed by atoms with van der Waals surface area (Å²) in [4.78, 5) is 0. The molecule has 0 heterocycles. The molecule has 0 spiro atoms. The van der Waals surface area contributed by atoms with Crippen molar-refractivity contribution < 1.29 is 5.11 Å². The molecule has 0 saturated carbocycles. The molecule has 0 aromatic carbocycles. The second-order valence-electron chi connectivity index (χ2n) is 6.29. The highest BCUT2D eigenvalue weighted by molar-refractivity contribution is 6.75. The largest absolute Gasteiger partial charge is 0.395 e. The fourth-order valence-corrected chi connectivity index (χ4v) is 1.58. The molecule has 4 N–H and O–H groups in total. The van der Waals surface area contributed by atoms with Gasteiger partial charge in [0.2, 0.25) is 0 Å². The zero-order valence-corrected chi connectivity index (χ0v) is 10.9. The monoisotopic (exact) mass is 210 g/mol. The van der Waals surface area contributed by atoms with E-state index in [1.165, 1.54) is 0 Å². The highest BCUT2D eigenvalue weighted by Crippen LogP contribution is 2.24. The van der Waals surface area contributed by atoms with Crippen molar-refractivity contribution >= 4 is 22.1 Å². The zero-order valence-electron chi connectivity index (χ0n) is 10.9. The molecule has 0 bridgehead atoms. The maximum absolute atomic E-state index is 9.12. The van der Waals surface area contributed by atoms with E-state index in [1.807, 2.05) is 13.8 Å². The summed E-state index contributed by atoms with van der Waals surface area (Å²) in [5, 5.41) is 12.8. The first-order valence-corrected chi connectivity index (χ1v) is 5.76. The Morgan fingerprint density at radius 2 is 1.80 bits per heavy atom. The maximum atomic E-state index is 9.12. The summed E-state index contributed by atoms with van der Waals surface area (Å²) in [6.45, 7) is 10.8. The molecule has 0 rings (SSSR count). The smallest absolute Gasteiger partial charge is 0.191 e. The maximum Gasteiger partial charge on any atom is 0.191 e. The number of aliphatic hydroxyl groups is 1. The first-order valence-electron chi connectivity index (χ1n) is 5.76. The van der Waals surface area contributed by atoms with E-state index in [-0.39, 0.29) is 12.1 Å². The molecular weight excluding hydrogens is 185 g/mol. The van der Waals surface area contributed by atoms with E-state index in [2.05, 4.69) is 26.0 Å². The molecule has 0 aromatic heterocycles. The van der Waals surface area contributed by atoms with Crippen LogP contribution < -0.4 is 10.9 Å². The molecule has 86 valence electrons. The third kappa shape index (κ3) is 7.94. The number of nitrogens with two attached hydrogens (primary N) is 1. The lowest BCUT2D eigenvalue weighted by molar-refractivity contribution is 0.209. The quantitative estimate of drug-likeness (QED) is 0.511. The van der Waals surface area contributed by atoms with Gasteiger partial charge < -0.3 is 16.0 Å². The summed E-state index contributed by atoms with van der Waals surface area (Å²) in [7, 11) is 2.69. The standard InChI is InChI=1S/C9H25B3N2O/c1-8(2,3)10-7(11-13)12-14-9(4,5)6-15/h7,10-12,14-15H,6,13H2,1-5H3. The molecule has 0 aliphatic heterocycles. The number of hydrogen-bond donors (Lipinski definition) is 3. The lowest BCUT2D eigenvalue weighted by Gasteiger charge is -2.28. The van der Waals surface area contributed by atoms with Crippen LogP contribution in [0.2, 0.25) is 10.9 Å². The van der Waals surface area contributed by atoms with Crippen LogP contribution in [-0.4, -0.2) is 39.4 Å². The number of nitrogens with one attached hydrogen (secondary N) is 1. The van der Waals surface area contributed by atoms with Crippen molar-refractivity contribution in [2.75, 3.05) is 6.61 Å². The predicted octanol–water partition coefficient (Wildman–Crippen LogP) is -0.633. The molecule has 0 saturated heterocycles. The van der Waals surface area contributed by atoms with Crippen LogP contribution in [0.1, 0.15) is 34.6 Å². The minimum absolute atomic E-state index is 0.153. The van der Waals surface area contributed by atoms with E-state index in [9.17, 15) is 0 Å². The number of aliphatic hydroxyl groups excluding tert-OH is 1. The summed E-state index contributed by atoms with van der Waals surface area (Å²) in [5.41, 5.74) is 6.03. The van der Waals surface area contributed by atoms with Crippen molar-refractivity contribution in [1.29, 1.82) is 0 Å². The first kappa shape index (κ1) is 15.1. The third-order valence-corrected chi connectivity index (χ3v) is 2.50. The Kier molecular flexibility index (Phi) is 6.00. The van der Waals surface area contributed by atoms with Crippen molar-refractivity contribution in [3.05, 3.63) is 0 Å². The highest BCUT2D eigenvalue weighted by atomic mass is 16.3. The fourth-order valence-electron chi connectivity index (χ4n) is 1.58. The summed E-state index contributed by atoms with van der Waals surface area (Å²) in [6.07, 6.45) is 0. The van der Waals surface area contributed by atoms with Gasteiger partial charge >= 0.3 is 0 Å². The van der Waals surface area contributed by atoms with Gasteiger partial charge in [0.15, 0.2) is 14.8 Å². The van der Waals surface area contributed by atoms with Gasteiger partial charge in [-0.05, 0) is 13.8 Å². The van der Waals surface area contributed by atoms with Gasteiger partial charge in [0, 0.05) is 5.54 Å². The number of rotatable bonds is 6. The Morgan fingerprint density at radius 1 is 1.27 bits per heavy atom. The Hall–Kier alpha value is 0.0748. The fraction of sp³-hybridized carbons (Fsp3) is 1.00. The summed E-state index contributed by atoms with van der Waals surface area (Å²) >= 11 is 0. The first-order chi connectivity index (χ1) is 6.70. The van der Waals surface area contributed by atoms with E-state index in [1.54, 1.807) is 0 Å². The summed E-state index contributed by atoms with van der Waals surface area (Å²) in [5.74, 6) is 0. The van der Waals surface area contributed by atoms with Crippen LogP contribution in [-0.2, 0) is 0 Å². The van der Waals surface area contributed by atoms with Gasteiger partial charge in [-0.2, -0.15) is 0 Å². The van der Waals surface area contributed by atoms with Crippen molar-refractivity contribution in [3.63, 3.8) is 0 Å². The van der Waals surface area contributed by atoms with Gasteiger partial charge in [-0.25, -0.2) is 0 Å². The third-order valence-electron chi connectivity index (χ3n) is 2.50. The molecule has 15 heavy (non-hydrogen) atoms. The van der Waals surface area contributed by atoms with Crippen LogP contribution >= 0.6 is 0 Å². The van der Waals surface area contributed by atoms with Gasteiger partial charge in [-0.15, -0.1) is 0 Å². The number of hydrogen-bond acceptors (Lipinski definition) is 3. The van der Waals surface area contributed by atoms with E-state index in [0.29, 0.717) is 18.3 Å². The summed E-state index contributed by atoms with van der Waals surface area (Å²) in [6, 6.07) is 0. The van der Waals surface area contributed by atoms with Crippen LogP contribution in [0, 0.1) is 0 Å². The van der Waals surface area contributed by atoms with E-state index >= 15 is 0 Å². The molecule has 0 aromatic rings. The van der Waals surface area contributed by atoms with Crippen molar-refractivity contribution in [3.8, 4) is 0 Å². The second-order valence-corrected chi connectivity index (χ2v) is 6.29. The van der Waals surface area contributed by atoms with Gasteiger partial charge in [0.25, 0.3) is 0 Å². The Bertz CT molecular complexity index is 183. The van der Waals surface area contributed by atoms with Crippen LogP contribution in [0.25, 0.3) is 0 Å². The predicted molar refractivity (Wildman–Crippen MR) is 73.4 cm³/mol. The molecule has 1 unspecified atom stereocenters. The van der Waals surface area contributed by atoms with Crippen LogP contribution in [0.3, 0.4) is 0 Å².